The number of benzene rings is 1. The van der Waals surface area contributed by atoms with Crippen LogP contribution < -0.4 is 5.73 Å². The maximum atomic E-state index is 12.2. The second kappa shape index (κ2) is 5.19. The maximum absolute atomic E-state index is 12.2. The number of amides is 1. The first-order chi connectivity index (χ1) is 8.92. The molecule has 0 spiro atoms. The number of aliphatic carboxylic acids is 1. The van der Waals surface area contributed by atoms with Gasteiger partial charge in [-0.3, -0.25) is 9.59 Å². The zero-order chi connectivity index (χ0) is 14.0. The molecule has 1 aliphatic rings. The summed E-state index contributed by atoms with van der Waals surface area (Å²) in [5.74, 6) is -1.13. The minimum Gasteiger partial charge on any atom is -0.480 e. The van der Waals surface area contributed by atoms with Gasteiger partial charge in [0.05, 0.1) is 0 Å². The van der Waals surface area contributed by atoms with Crippen LogP contribution >= 0.6 is 11.6 Å². The molecule has 0 aromatic heterocycles. The Balaban J connectivity index is 2.04. The largest absolute Gasteiger partial charge is 0.480 e. The Kier molecular flexibility index (Phi) is 3.78. The van der Waals surface area contributed by atoms with Gasteiger partial charge in [-0.05, 0) is 37.1 Å². The van der Waals surface area contributed by atoms with Crippen molar-refractivity contribution in [1.29, 1.82) is 0 Å². The number of hydrogen-bond acceptors (Lipinski definition) is 3. The molecule has 0 saturated carbocycles. The first-order valence-electron chi connectivity index (χ1n) is 5.99. The fourth-order valence-corrected chi connectivity index (χ4v) is 2.22. The number of likely N-dealkylation sites (tertiary alicyclic amines) is 1. The number of carbonyl (C=O) groups excluding carboxylic acids is 1. The Labute approximate surface area is 116 Å². The monoisotopic (exact) mass is 282 g/mol. The van der Waals surface area contributed by atoms with Gasteiger partial charge in [-0.15, -0.1) is 0 Å². The number of rotatable bonds is 2. The molecular formula is C13H15ClN2O3. The van der Waals surface area contributed by atoms with Crippen molar-refractivity contribution in [3.05, 3.63) is 34.9 Å². The molecule has 6 heteroatoms. The van der Waals surface area contributed by atoms with Gasteiger partial charge in [0.1, 0.15) is 5.54 Å². The van der Waals surface area contributed by atoms with Gasteiger partial charge in [-0.1, -0.05) is 11.6 Å². The number of halogens is 1. The van der Waals surface area contributed by atoms with Crippen molar-refractivity contribution in [1.82, 2.24) is 4.90 Å². The summed E-state index contributed by atoms with van der Waals surface area (Å²) in [6, 6.07) is 6.63. The van der Waals surface area contributed by atoms with E-state index >= 15 is 0 Å². The smallest absolute Gasteiger partial charge is 0.323 e. The normalized spacial score (nSPS) is 18.1. The van der Waals surface area contributed by atoms with E-state index in [1.165, 1.54) is 0 Å². The highest BCUT2D eigenvalue weighted by molar-refractivity contribution is 6.30. The summed E-state index contributed by atoms with van der Waals surface area (Å²) in [6.07, 6.45) is 0.531. The van der Waals surface area contributed by atoms with E-state index in [4.69, 9.17) is 22.4 Å². The fraction of sp³-hybridized carbons (Fsp3) is 0.385. The molecule has 0 unspecified atom stereocenters. The van der Waals surface area contributed by atoms with E-state index in [9.17, 15) is 9.59 Å². The maximum Gasteiger partial charge on any atom is 0.323 e. The van der Waals surface area contributed by atoms with Crippen LogP contribution in [0.3, 0.4) is 0 Å². The van der Waals surface area contributed by atoms with E-state index in [1.54, 1.807) is 29.2 Å². The van der Waals surface area contributed by atoms with Gasteiger partial charge < -0.3 is 15.7 Å². The predicted octanol–water partition coefficient (Wildman–Crippen LogP) is 1.36. The summed E-state index contributed by atoms with van der Waals surface area (Å²) in [5.41, 5.74) is 5.10. The highest BCUT2D eigenvalue weighted by atomic mass is 35.5. The number of carboxylic acid groups (broad SMARTS) is 1. The number of piperidine rings is 1. The third-order valence-corrected chi connectivity index (χ3v) is 3.71. The van der Waals surface area contributed by atoms with Crippen molar-refractivity contribution in [2.75, 3.05) is 13.1 Å². The van der Waals surface area contributed by atoms with E-state index in [-0.39, 0.29) is 18.7 Å². The Bertz CT molecular complexity index is 493. The Morgan fingerprint density at radius 3 is 2.21 bits per heavy atom. The minimum atomic E-state index is -1.21. The molecule has 1 aromatic rings. The van der Waals surface area contributed by atoms with Crippen LogP contribution in [0.2, 0.25) is 5.02 Å². The lowest BCUT2D eigenvalue weighted by atomic mass is 9.88. The van der Waals surface area contributed by atoms with E-state index in [0.29, 0.717) is 23.7 Å². The number of carbonyl (C=O) groups is 2. The van der Waals surface area contributed by atoms with Crippen LogP contribution in [0.4, 0.5) is 0 Å². The van der Waals surface area contributed by atoms with E-state index in [0.717, 1.165) is 0 Å². The molecule has 102 valence electrons. The van der Waals surface area contributed by atoms with Crippen molar-refractivity contribution in [3.63, 3.8) is 0 Å². The van der Waals surface area contributed by atoms with Gasteiger partial charge in [-0.25, -0.2) is 0 Å². The summed E-state index contributed by atoms with van der Waals surface area (Å²) in [6.45, 7) is 0.703. The molecule has 1 saturated heterocycles. The topological polar surface area (TPSA) is 83.6 Å². The van der Waals surface area contributed by atoms with Crippen molar-refractivity contribution in [2.45, 2.75) is 18.4 Å². The van der Waals surface area contributed by atoms with E-state index < -0.39 is 11.5 Å². The standard InChI is InChI=1S/C13H15ClN2O3/c14-10-3-1-9(2-4-10)11(17)16-7-5-13(15,6-8-16)12(18)19/h1-4H,5-8,15H2,(H,18,19). The lowest BCUT2D eigenvalue weighted by Crippen LogP contribution is -2.56. The number of carboxylic acids is 1. The van der Waals surface area contributed by atoms with Crippen molar-refractivity contribution >= 4 is 23.5 Å². The highest BCUT2D eigenvalue weighted by Crippen LogP contribution is 2.21. The van der Waals surface area contributed by atoms with Crippen LogP contribution in [-0.4, -0.2) is 40.5 Å². The third-order valence-electron chi connectivity index (χ3n) is 3.46. The minimum absolute atomic E-state index is 0.121. The van der Waals surface area contributed by atoms with Gasteiger partial charge in [0, 0.05) is 23.7 Å². The van der Waals surface area contributed by atoms with Crippen LogP contribution in [-0.2, 0) is 4.79 Å². The lowest BCUT2D eigenvalue weighted by molar-refractivity contribution is -0.145. The molecule has 1 fully saturated rings. The molecule has 5 nitrogen and oxygen atoms in total. The average Bonchev–Trinajstić information content (AvgIpc) is 2.39. The SMILES string of the molecule is NC1(C(=O)O)CCN(C(=O)c2ccc(Cl)cc2)CC1. The summed E-state index contributed by atoms with van der Waals surface area (Å²) in [4.78, 5) is 24.8. The first-order valence-corrected chi connectivity index (χ1v) is 6.37. The van der Waals surface area contributed by atoms with Gasteiger partial charge >= 0.3 is 5.97 Å². The van der Waals surface area contributed by atoms with E-state index in [2.05, 4.69) is 0 Å². The molecule has 0 bridgehead atoms. The predicted molar refractivity (Wildman–Crippen MR) is 71.1 cm³/mol. The molecule has 0 atom stereocenters. The fourth-order valence-electron chi connectivity index (χ4n) is 2.10. The van der Waals surface area contributed by atoms with Crippen LogP contribution in [0.5, 0.6) is 0 Å². The van der Waals surface area contributed by atoms with Crippen LogP contribution in [0.1, 0.15) is 23.2 Å². The third kappa shape index (κ3) is 2.88. The molecule has 1 amide bonds. The number of nitrogens with zero attached hydrogens (tertiary/aromatic N) is 1. The molecule has 19 heavy (non-hydrogen) atoms. The first kappa shape index (κ1) is 13.8. The van der Waals surface area contributed by atoms with Gasteiger partial charge in [0.15, 0.2) is 0 Å². The average molecular weight is 283 g/mol. The summed E-state index contributed by atoms with van der Waals surface area (Å²) in [7, 11) is 0. The summed E-state index contributed by atoms with van der Waals surface area (Å²) in [5, 5.41) is 9.60. The summed E-state index contributed by atoms with van der Waals surface area (Å²) >= 11 is 5.77. The zero-order valence-electron chi connectivity index (χ0n) is 10.3. The van der Waals surface area contributed by atoms with Crippen molar-refractivity contribution in [3.8, 4) is 0 Å². The number of hydrogen-bond donors (Lipinski definition) is 2. The van der Waals surface area contributed by atoms with Gasteiger partial charge in [0.2, 0.25) is 0 Å². The van der Waals surface area contributed by atoms with Gasteiger partial charge in [0.25, 0.3) is 5.91 Å². The molecule has 2 rings (SSSR count). The molecular weight excluding hydrogens is 268 g/mol. The summed E-state index contributed by atoms with van der Waals surface area (Å²) < 4.78 is 0. The van der Waals surface area contributed by atoms with Gasteiger partial charge in [-0.2, -0.15) is 0 Å². The lowest BCUT2D eigenvalue weighted by Gasteiger charge is -2.36. The second-order valence-electron chi connectivity index (χ2n) is 4.76. The van der Waals surface area contributed by atoms with Crippen molar-refractivity contribution < 1.29 is 14.7 Å². The molecule has 3 N–H and O–H groups in total. The van der Waals surface area contributed by atoms with Crippen LogP contribution in [0, 0.1) is 0 Å². The molecule has 1 aromatic carbocycles. The number of nitrogens with two attached hydrogens (primary N) is 1. The van der Waals surface area contributed by atoms with Crippen molar-refractivity contribution in [2.24, 2.45) is 5.73 Å². The molecule has 1 aliphatic heterocycles. The van der Waals surface area contributed by atoms with Crippen LogP contribution in [0.15, 0.2) is 24.3 Å². The highest BCUT2D eigenvalue weighted by Gasteiger charge is 2.38. The zero-order valence-corrected chi connectivity index (χ0v) is 11.1. The Morgan fingerprint density at radius 2 is 1.74 bits per heavy atom. The quantitative estimate of drug-likeness (QED) is 0.858. The molecule has 0 aliphatic carbocycles. The van der Waals surface area contributed by atoms with E-state index in [1.807, 2.05) is 0 Å². The molecule has 0 radical (unpaired) electrons. The Hall–Kier alpha value is -1.59. The molecule has 1 heterocycles. The van der Waals surface area contributed by atoms with Crippen LogP contribution in [0.25, 0.3) is 0 Å². The second-order valence-corrected chi connectivity index (χ2v) is 5.20. The Morgan fingerprint density at radius 1 is 1.21 bits per heavy atom.